The van der Waals surface area contributed by atoms with Crippen LogP contribution < -0.4 is 0 Å². The molecule has 4 heterocycles. The van der Waals surface area contributed by atoms with Gasteiger partial charge in [-0.3, -0.25) is 9.18 Å². The average Bonchev–Trinajstić information content (AvgIpc) is 3.37. The maximum absolute atomic E-state index is 13.1. The zero-order valence-electron chi connectivity index (χ0n) is 14.8. The third-order valence-electron chi connectivity index (χ3n) is 4.56. The smallest absolute Gasteiger partial charge is 0.236 e. The number of piperidine rings is 1. The van der Waals surface area contributed by atoms with Crippen molar-refractivity contribution in [1.82, 2.24) is 24.7 Å². The topological polar surface area (TPSA) is 63.4 Å². The summed E-state index contributed by atoms with van der Waals surface area (Å²) < 4.78 is 14.8. The Hall–Kier alpha value is -2.00. The van der Waals surface area contributed by atoms with Gasteiger partial charge >= 0.3 is 0 Å². The Morgan fingerprint density at radius 3 is 2.81 bits per heavy atom. The molecule has 1 saturated heterocycles. The first-order valence-corrected chi connectivity index (χ1v) is 10.8. The first-order valence-electron chi connectivity index (χ1n) is 9.04. The van der Waals surface area contributed by atoms with Crippen molar-refractivity contribution in [3.63, 3.8) is 0 Å². The molecule has 3 aromatic rings. The van der Waals surface area contributed by atoms with E-state index in [0.29, 0.717) is 16.5 Å². The van der Waals surface area contributed by atoms with Crippen LogP contribution in [0.4, 0.5) is 4.39 Å². The van der Waals surface area contributed by atoms with Crippen LogP contribution >= 0.6 is 23.1 Å². The number of aromatic nitrogens is 4. The molecule has 3 aromatic heterocycles. The molecular weight excluding hydrogens is 385 g/mol. The molecule has 1 aliphatic rings. The normalized spacial score (nSPS) is 16.0. The monoisotopic (exact) mass is 405 g/mol. The van der Waals surface area contributed by atoms with E-state index in [0.717, 1.165) is 37.2 Å². The van der Waals surface area contributed by atoms with Gasteiger partial charge in [0.2, 0.25) is 5.91 Å². The minimum absolute atomic E-state index is 0.0153. The number of fused-ring (bicyclic) bond motifs is 1. The van der Waals surface area contributed by atoms with Gasteiger partial charge in [0.15, 0.2) is 11.5 Å². The van der Waals surface area contributed by atoms with Crippen LogP contribution in [0.1, 0.15) is 25.7 Å². The predicted octanol–water partition coefficient (Wildman–Crippen LogP) is 3.69. The molecule has 0 aromatic carbocycles. The number of thiophene rings is 1. The van der Waals surface area contributed by atoms with Crippen molar-refractivity contribution >= 4 is 34.7 Å². The highest BCUT2D eigenvalue weighted by Crippen LogP contribution is 2.28. The molecule has 0 spiro atoms. The van der Waals surface area contributed by atoms with E-state index in [1.807, 2.05) is 34.5 Å². The molecule has 4 rings (SSSR count). The van der Waals surface area contributed by atoms with E-state index < -0.39 is 11.9 Å². The Kier molecular flexibility index (Phi) is 5.68. The van der Waals surface area contributed by atoms with Gasteiger partial charge in [0.25, 0.3) is 0 Å². The van der Waals surface area contributed by atoms with Gasteiger partial charge in [-0.15, -0.1) is 21.5 Å². The van der Waals surface area contributed by atoms with E-state index in [1.54, 1.807) is 15.9 Å². The highest BCUT2D eigenvalue weighted by atomic mass is 32.2. The molecule has 1 amide bonds. The van der Waals surface area contributed by atoms with Gasteiger partial charge in [-0.2, -0.15) is 9.61 Å². The maximum atomic E-state index is 13.1. The van der Waals surface area contributed by atoms with E-state index >= 15 is 0 Å². The molecule has 0 unspecified atom stereocenters. The average molecular weight is 406 g/mol. The lowest BCUT2D eigenvalue weighted by atomic mass is 10.1. The second-order valence-electron chi connectivity index (χ2n) is 6.41. The van der Waals surface area contributed by atoms with Gasteiger partial charge in [-0.1, -0.05) is 17.8 Å². The predicted molar refractivity (Wildman–Crippen MR) is 105 cm³/mol. The summed E-state index contributed by atoms with van der Waals surface area (Å²) >= 11 is 2.89. The van der Waals surface area contributed by atoms with Crippen molar-refractivity contribution in [1.29, 1.82) is 0 Å². The Morgan fingerprint density at radius 2 is 2.07 bits per heavy atom. The number of hydrogen-bond donors (Lipinski definition) is 0. The van der Waals surface area contributed by atoms with Crippen LogP contribution in [0.25, 0.3) is 16.3 Å². The Bertz CT molecular complexity index is 908. The quantitative estimate of drug-likeness (QED) is 0.586. The van der Waals surface area contributed by atoms with Crippen LogP contribution in [0.3, 0.4) is 0 Å². The fraction of sp³-hybridized carbons (Fsp3) is 0.444. The molecular formula is C18H20FN5OS2. The Balaban J connectivity index is 1.58. The summed E-state index contributed by atoms with van der Waals surface area (Å²) in [7, 11) is 0. The number of likely N-dealkylation sites (tertiary alicyclic amines) is 1. The molecule has 0 aliphatic carbocycles. The third kappa shape index (κ3) is 3.98. The second-order valence-corrected chi connectivity index (χ2v) is 8.58. The lowest BCUT2D eigenvalue weighted by molar-refractivity contribution is -0.131. The van der Waals surface area contributed by atoms with Crippen LogP contribution in [-0.4, -0.2) is 55.6 Å². The number of nitrogens with zero attached hydrogens (tertiary/aromatic N) is 5. The van der Waals surface area contributed by atoms with E-state index in [2.05, 4.69) is 15.3 Å². The summed E-state index contributed by atoms with van der Waals surface area (Å²) in [6, 6.07) is 7.57. The molecule has 0 saturated carbocycles. The number of alkyl halides is 1. The van der Waals surface area contributed by atoms with Gasteiger partial charge in [0, 0.05) is 13.1 Å². The highest BCUT2D eigenvalue weighted by molar-refractivity contribution is 8.00. The van der Waals surface area contributed by atoms with Gasteiger partial charge in [0.1, 0.15) is 5.03 Å². The number of amides is 1. The zero-order chi connectivity index (χ0) is 18.6. The Morgan fingerprint density at radius 1 is 1.22 bits per heavy atom. The Labute approximate surface area is 164 Å². The van der Waals surface area contributed by atoms with Crippen molar-refractivity contribution in [2.75, 3.05) is 19.8 Å². The molecule has 6 nitrogen and oxygen atoms in total. The minimum atomic E-state index is -0.521. The van der Waals surface area contributed by atoms with E-state index in [9.17, 15) is 9.18 Å². The van der Waals surface area contributed by atoms with Gasteiger partial charge in [-0.05, 0) is 49.3 Å². The summed E-state index contributed by atoms with van der Waals surface area (Å²) in [5.41, 5.74) is 0.646. The van der Waals surface area contributed by atoms with Crippen molar-refractivity contribution < 1.29 is 9.18 Å². The molecule has 0 bridgehead atoms. The fourth-order valence-electron chi connectivity index (χ4n) is 3.19. The van der Waals surface area contributed by atoms with Crippen molar-refractivity contribution in [3.8, 4) is 10.7 Å². The highest BCUT2D eigenvalue weighted by Gasteiger charge is 2.27. The largest absolute Gasteiger partial charge is 0.342 e. The molecule has 0 radical (unpaired) electrons. The van der Waals surface area contributed by atoms with E-state index in [-0.39, 0.29) is 12.3 Å². The molecule has 9 heteroatoms. The minimum Gasteiger partial charge on any atom is -0.342 e. The summed E-state index contributed by atoms with van der Waals surface area (Å²) in [4.78, 5) is 15.7. The molecule has 27 heavy (non-hydrogen) atoms. The number of rotatable bonds is 6. The van der Waals surface area contributed by atoms with Crippen LogP contribution in [0.5, 0.6) is 0 Å². The number of hydrogen-bond acceptors (Lipinski definition) is 6. The van der Waals surface area contributed by atoms with Crippen LogP contribution in [0.2, 0.25) is 0 Å². The second kappa shape index (κ2) is 8.35. The number of thioether (sulfide) groups is 1. The first kappa shape index (κ1) is 18.4. The van der Waals surface area contributed by atoms with E-state index in [4.69, 9.17) is 0 Å². The van der Waals surface area contributed by atoms with Crippen LogP contribution in [0, 0.1) is 0 Å². The molecule has 142 valence electrons. The maximum Gasteiger partial charge on any atom is 0.236 e. The van der Waals surface area contributed by atoms with E-state index in [1.165, 1.54) is 11.8 Å². The van der Waals surface area contributed by atoms with Gasteiger partial charge < -0.3 is 4.90 Å². The molecule has 1 atom stereocenters. The summed E-state index contributed by atoms with van der Waals surface area (Å²) in [6.45, 7) is 1.01. The van der Waals surface area contributed by atoms with Crippen molar-refractivity contribution in [2.24, 2.45) is 0 Å². The number of carbonyl (C=O) groups excluding carboxylic acids is 1. The zero-order valence-corrected chi connectivity index (χ0v) is 16.4. The standard InChI is InChI=1S/C18H20FN5OS2/c19-9-8-14(18(25)23-10-2-1-3-11-23)27-16-7-6-15-20-21-17(24(15)22-16)13-5-4-12-26-13/h4-7,12,14H,1-3,8-11H2/t14-/m1/s1. The third-order valence-corrected chi connectivity index (χ3v) is 6.60. The van der Waals surface area contributed by atoms with Crippen molar-refractivity contribution in [2.45, 2.75) is 36.0 Å². The summed E-state index contributed by atoms with van der Waals surface area (Å²) in [6.07, 6.45) is 3.39. The van der Waals surface area contributed by atoms with Crippen LogP contribution in [0.15, 0.2) is 34.7 Å². The molecule has 0 N–H and O–H groups in total. The number of halogens is 1. The number of carbonyl (C=O) groups is 1. The van der Waals surface area contributed by atoms with Crippen molar-refractivity contribution in [3.05, 3.63) is 29.6 Å². The summed E-state index contributed by atoms with van der Waals surface area (Å²) in [5, 5.41) is 15.2. The van der Waals surface area contributed by atoms with Gasteiger partial charge in [0.05, 0.1) is 16.8 Å². The molecule has 1 aliphatic heterocycles. The van der Waals surface area contributed by atoms with Crippen LogP contribution in [-0.2, 0) is 4.79 Å². The lowest BCUT2D eigenvalue weighted by Crippen LogP contribution is -2.41. The summed E-state index contributed by atoms with van der Waals surface area (Å²) in [5.74, 6) is 0.688. The lowest BCUT2D eigenvalue weighted by Gasteiger charge is -2.29. The fourth-order valence-corrected chi connectivity index (χ4v) is 4.91. The molecule has 1 fully saturated rings. The SMILES string of the molecule is O=C([C@@H](CCF)Sc1ccc2nnc(-c3cccs3)n2n1)N1CCCCC1. The van der Waals surface area contributed by atoms with Gasteiger partial charge in [-0.25, -0.2) is 0 Å². The first-order chi connectivity index (χ1) is 13.3.